The van der Waals surface area contributed by atoms with Gasteiger partial charge in [0, 0.05) is 5.56 Å². The number of benzene rings is 1. The molecule has 0 saturated carbocycles. The van der Waals surface area contributed by atoms with Crippen molar-refractivity contribution in [1.29, 1.82) is 0 Å². The Kier molecular flexibility index (Phi) is 5.34. The highest BCUT2D eigenvalue weighted by Crippen LogP contribution is 2.13. The molecule has 2 nitrogen and oxygen atoms in total. The molecule has 1 rings (SSSR count). The van der Waals surface area contributed by atoms with Crippen LogP contribution < -0.4 is 4.74 Å². The van der Waals surface area contributed by atoms with E-state index in [1.54, 1.807) is 12.1 Å². The predicted molar refractivity (Wildman–Crippen MR) is 66.0 cm³/mol. The highest BCUT2D eigenvalue weighted by molar-refractivity contribution is 6.04. The number of hydrogen-bond acceptors (Lipinski definition) is 2. The van der Waals surface area contributed by atoms with Crippen LogP contribution in [-0.4, -0.2) is 12.4 Å². The zero-order chi connectivity index (χ0) is 11.8. The predicted octanol–water partition coefficient (Wildman–Crippen LogP) is 3.62. The van der Waals surface area contributed by atoms with Gasteiger partial charge < -0.3 is 4.74 Å². The van der Waals surface area contributed by atoms with Crippen LogP contribution in [0.3, 0.4) is 0 Å². The summed E-state index contributed by atoms with van der Waals surface area (Å²) in [4.78, 5) is 11.3. The molecule has 0 atom stereocenters. The Labute approximate surface area is 96.9 Å². The molecule has 0 amide bonds. The lowest BCUT2D eigenvalue weighted by molar-refractivity contribution is 0.104. The third-order valence-corrected chi connectivity index (χ3v) is 2.34. The molecule has 0 radical (unpaired) electrons. The SMILES string of the molecule is C=CC(=O)c1ccc(OCCCCC)cc1. The molecule has 86 valence electrons. The average molecular weight is 218 g/mol. The Morgan fingerprint density at radius 1 is 1.31 bits per heavy atom. The van der Waals surface area contributed by atoms with Crippen molar-refractivity contribution in [2.45, 2.75) is 26.2 Å². The molecule has 0 spiro atoms. The van der Waals surface area contributed by atoms with Gasteiger partial charge in [-0.15, -0.1) is 0 Å². The standard InChI is InChI=1S/C14H18O2/c1-3-5-6-11-16-13-9-7-12(8-10-13)14(15)4-2/h4,7-10H,2-3,5-6,11H2,1H3. The Balaban J connectivity index is 2.45. The van der Waals surface area contributed by atoms with E-state index in [9.17, 15) is 4.79 Å². The highest BCUT2D eigenvalue weighted by Gasteiger charge is 2.00. The largest absolute Gasteiger partial charge is 0.494 e. The van der Waals surface area contributed by atoms with E-state index in [0.29, 0.717) is 5.56 Å². The van der Waals surface area contributed by atoms with Gasteiger partial charge in [-0.25, -0.2) is 0 Å². The smallest absolute Gasteiger partial charge is 0.185 e. The first kappa shape index (κ1) is 12.5. The molecule has 1 aromatic rings. The molecule has 0 saturated heterocycles. The van der Waals surface area contributed by atoms with E-state index >= 15 is 0 Å². The third kappa shape index (κ3) is 3.89. The number of ketones is 1. The second-order valence-electron chi connectivity index (χ2n) is 3.65. The maximum absolute atomic E-state index is 11.3. The van der Waals surface area contributed by atoms with Crippen molar-refractivity contribution in [1.82, 2.24) is 0 Å². The van der Waals surface area contributed by atoms with Crippen LogP contribution in [0, 0.1) is 0 Å². The topological polar surface area (TPSA) is 26.3 Å². The van der Waals surface area contributed by atoms with Gasteiger partial charge in [0.25, 0.3) is 0 Å². The summed E-state index contributed by atoms with van der Waals surface area (Å²) in [6, 6.07) is 7.17. The van der Waals surface area contributed by atoms with E-state index in [-0.39, 0.29) is 5.78 Å². The van der Waals surface area contributed by atoms with E-state index in [0.717, 1.165) is 18.8 Å². The van der Waals surface area contributed by atoms with Crippen molar-refractivity contribution in [3.63, 3.8) is 0 Å². The quantitative estimate of drug-likeness (QED) is 0.397. The number of unbranched alkanes of at least 4 members (excludes halogenated alkanes) is 2. The maximum atomic E-state index is 11.3. The van der Waals surface area contributed by atoms with Crippen molar-refractivity contribution in [3.8, 4) is 5.75 Å². The average Bonchev–Trinajstić information content (AvgIpc) is 2.34. The number of hydrogen-bond donors (Lipinski definition) is 0. The van der Waals surface area contributed by atoms with E-state index in [4.69, 9.17) is 4.74 Å². The van der Waals surface area contributed by atoms with Gasteiger partial charge in [-0.1, -0.05) is 26.3 Å². The van der Waals surface area contributed by atoms with E-state index < -0.39 is 0 Å². The number of carbonyl (C=O) groups is 1. The van der Waals surface area contributed by atoms with Gasteiger partial charge in [0.15, 0.2) is 5.78 Å². The first-order valence-electron chi connectivity index (χ1n) is 5.67. The molecule has 1 aromatic carbocycles. The fourth-order valence-electron chi connectivity index (χ4n) is 1.38. The van der Waals surface area contributed by atoms with Crippen LogP contribution in [0.1, 0.15) is 36.5 Å². The lowest BCUT2D eigenvalue weighted by Gasteiger charge is -2.05. The summed E-state index contributed by atoms with van der Waals surface area (Å²) in [5, 5.41) is 0. The molecule has 0 heterocycles. The van der Waals surface area contributed by atoms with Gasteiger partial charge in [0.2, 0.25) is 0 Å². The molecule has 0 aliphatic carbocycles. The van der Waals surface area contributed by atoms with Gasteiger partial charge in [-0.05, 0) is 36.8 Å². The Morgan fingerprint density at radius 3 is 2.56 bits per heavy atom. The lowest BCUT2D eigenvalue weighted by atomic mass is 10.1. The molecule has 0 unspecified atom stereocenters. The van der Waals surface area contributed by atoms with Crippen molar-refractivity contribution in [2.75, 3.05) is 6.61 Å². The van der Waals surface area contributed by atoms with Gasteiger partial charge in [-0.2, -0.15) is 0 Å². The molecule has 2 heteroatoms. The van der Waals surface area contributed by atoms with Crippen molar-refractivity contribution < 1.29 is 9.53 Å². The number of rotatable bonds is 7. The zero-order valence-corrected chi connectivity index (χ0v) is 9.74. The molecular weight excluding hydrogens is 200 g/mol. The second-order valence-corrected chi connectivity index (χ2v) is 3.65. The Hall–Kier alpha value is -1.57. The van der Waals surface area contributed by atoms with Crippen LogP contribution >= 0.6 is 0 Å². The van der Waals surface area contributed by atoms with Gasteiger partial charge >= 0.3 is 0 Å². The Bertz CT molecular complexity index is 338. The molecule has 0 aromatic heterocycles. The number of ether oxygens (including phenoxy) is 1. The minimum absolute atomic E-state index is 0.0578. The molecule has 0 bridgehead atoms. The maximum Gasteiger partial charge on any atom is 0.185 e. The highest BCUT2D eigenvalue weighted by atomic mass is 16.5. The zero-order valence-electron chi connectivity index (χ0n) is 9.74. The molecule has 0 N–H and O–H groups in total. The number of carbonyl (C=O) groups excluding carboxylic acids is 1. The summed E-state index contributed by atoms with van der Waals surface area (Å²) in [6.07, 6.45) is 4.77. The summed E-state index contributed by atoms with van der Waals surface area (Å²) in [7, 11) is 0. The molecule has 0 aliphatic rings. The summed E-state index contributed by atoms with van der Waals surface area (Å²) in [5.41, 5.74) is 0.649. The molecule has 0 fully saturated rings. The molecule has 0 aliphatic heterocycles. The van der Waals surface area contributed by atoms with Crippen LogP contribution in [0.15, 0.2) is 36.9 Å². The Morgan fingerprint density at radius 2 is 2.00 bits per heavy atom. The fourth-order valence-corrected chi connectivity index (χ4v) is 1.38. The van der Waals surface area contributed by atoms with Crippen molar-refractivity contribution >= 4 is 5.78 Å². The van der Waals surface area contributed by atoms with Gasteiger partial charge in [0.05, 0.1) is 6.61 Å². The van der Waals surface area contributed by atoms with E-state index in [2.05, 4.69) is 13.5 Å². The normalized spacial score (nSPS) is 9.81. The van der Waals surface area contributed by atoms with Crippen LogP contribution in [0.25, 0.3) is 0 Å². The van der Waals surface area contributed by atoms with Crippen molar-refractivity contribution in [2.24, 2.45) is 0 Å². The summed E-state index contributed by atoms with van der Waals surface area (Å²) < 4.78 is 5.54. The van der Waals surface area contributed by atoms with E-state index in [1.165, 1.54) is 18.9 Å². The van der Waals surface area contributed by atoms with Crippen LogP contribution in [0.5, 0.6) is 5.75 Å². The molecular formula is C14H18O2. The number of allylic oxidation sites excluding steroid dienone is 1. The first-order chi connectivity index (χ1) is 7.77. The summed E-state index contributed by atoms with van der Waals surface area (Å²) in [5.74, 6) is 0.759. The van der Waals surface area contributed by atoms with Crippen LogP contribution in [-0.2, 0) is 0 Å². The second kappa shape index (κ2) is 6.83. The van der Waals surface area contributed by atoms with Crippen molar-refractivity contribution in [3.05, 3.63) is 42.5 Å². The van der Waals surface area contributed by atoms with Crippen LogP contribution in [0.4, 0.5) is 0 Å². The third-order valence-electron chi connectivity index (χ3n) is 2.34. The minimum Gasteiger partial charge on any atom is -0.494 e. The first-order valence-corrected chi connectivity index (χ1v) is 5.67. The van der Waals surface area contributed by atoms with E-state index in [1.807, 2.05) is 12.1 Å². The van der Waals surface area contributed by atoms with Gasteiger partial charge in [-0.3, -0.25) is 4.79 Å². The minimum atomic E-state index is -0.0578. The lowest BCUT2D eigenvalue weighted by Crippen LogP contribution is -1.98. The summed E-state index contributed by atoms with van der Waals surface area (Å²) >= 11 is 0. The summed E-state index contributed by atoms with van der Waals surface area (Å²) in [6.45, 7) is 6.35. The fraction of sp³-hybridized carbons (Fsp3) is 0.357. The van der Waals surface area contributed by atoms with Crippen LogP contribution in [0.2, 0.25) is 0 Å². The van der Waals surface area contributed by atoms with Gasteiger partial charge in [0.1, 0.15) is 5.75 Å². The molecule has 16 heavy (non-hydrogen) atoms. The monoisotopic (exact) mass is 218 g/mol.